The first-order valence-electron chi connectivity index (χ1n) is 5.97. The van der Waals surface area contributed by atoms with Crippen LogP contribution in [0.25, 0.3) is 0 Å². The van der Waals surface area contributed by atoms with Gasteiger partial charge in [0.25, 0.3) is 0 Å². The number of nitrogens with zero attached hydrogens (tertiary/aromatic N) is 2. The lowest BCUT2D eigenvalue weighted by molar-refractivity contribution is 0.0594. The fraction of sp³-hybridized carbons (Fsp3) is 0.583. The summed E-state index contributed by atoms with van der Waals surface area (Å²) in [6.45, 7) is 0. The van der Waals surface area contributed by atoms with Gasteiger partial charge in [0.05, 0.1) is 7.11 Å². The maximum Gasteiger partial charge on any atom is 0.360 e. The second-order valence-corrected chi connectivity index (χ2v) is 4.22. The quantitative estimate of drug-likeness (QED) is 0.812. The average Bonchev–Trinajstić information content (AvgIpc) is 2.40. The number of hydrogen-bond acceptors (Lipinski definition) is 5. The van der Waals surface area contributed by atoms with Gasteiger partial charge in [-0.05, 0) is 12.8 Å². The van der Waals surface area contributed by atoms with Gasteiger partial charge in [-0.15, -0.1) is 0 Å². The van der Waals surface area contributed by atoms with E-state index in [0.29, 0.717) is 11.9 Å². The first kappa shape index (κ1) is 11.8. The molecular weight excluding hydrogens is 218 g/mol. The molecule has 1 saturated carbocycles. The van der Waals surface area contributed by atoms with E-state index in [1.54, 1.807) is 6.20 Å². The van der Waals surface area contributed by atoms with Crippen LogP contribution in [0, 0.1) is 0 Å². The Kier molecular flexibility index (Phi) is 3.90. The molecule has 5 nitrogen and oxygen atoms in total. The lowest BCUT2D eigenvalue weighted by atomic mass is 9.95. The summed E-state index contributed by atoms with van der Waals surface area (Å²) in [6.07, 6.45) is 9.07. The highest BCUT2D eigenvalue weighted by molar-refractivity contribution is 5.92. The van der Waals surface area contributed by atoms with Crippen LogP contribution >= 0.6 is 0 Å². The molecule has 0 spiro atoms. The third-order valence-electron chi connectivity index (χ3n) is 3.02. The van der Waals surface area contributed by atoms with Gasteiger partial charge in [0.15, 0.2) is 11.5 Å². The van der Waals surface area contributed by atoms with Gasteiger partial charge in [0.1, 0.15) is 0 Å². The highest BCUT2D eigenvalue weighted by atomic mass is 16.5. The number of rotatable bonds is 3. The highest BCUT2D eigenvalue weighted by Gasteiger charge is 2.19. The molecule has 0 aromatic carbocycles. The molecule has 1 N–H and O–H groups in total. The number of hydrogen-bond donors (Lipinski definition) is 1. The third-order valence-corrected chi connectivity index (χ3v) is 3.02. The van der Waals surface area contributed by atoms with Crippen molar-refractivity contribution in [2.45, 2.75) is 38.1 Å². The maximum atomic E-state index is 11.5. The van der Waals surface area contributed by atoms with Crippen molar-refractivity contribution in [1.29, 1.82) is 0 Å². The van der Waals surface area contributed by atoms with Crippen molar-refractivity contribution in [1.82, 2.24) is 9.97 Å². The Bertz CT molecular complexity index is 389. The topological polar surface area (TPSA) is 64.1 Å². The van der Waals surface area contributed by atoms with E-state index in [9.17, 15) is 4.79 Å². The standard InChI is InChI=1S/C12H17N3O2/c1-17-12(16)10-11(14-8-7-13-10)15-9-5-3-2-4-6-9/h7-9H,2-6H2,1H3,(H,14,15). The molecule has 92 valence electrons. The number of anilines is 1. The zero-order valence-electron chi connectivity index (χ0n) is 9.98. The third kappa shape index (κ3) is 2.93. The van der Waals surface area contributed by atoms with Crippen LogP contribution < -0.4 is 5.32 Å². The Morgan fingerprint density at radius 2 is 2.00 bits per heavy atom. The summed E-state index contributed by atoms with van der Waals surface area (Å²) >= 11 is 0. The Hall–Kier alpha value is -1.65. The van der Waals surface area contributed by atoms with Crippen LogP contribution in [0.5, 0.6) is 0 Å². The largest absolute Gasteiger partial charge is 0.464 e. The number of ether oxygens (including phenoxy) is 1. The van der Waals surface area contributed by atoms with Crippen LogP contribution in [-0.4, -0.2) is 29.1 Å². The molecule has 0 amide bonds. The van der Waals surface area contributed by atoms with Crippen LogP contribution in [0.2, 0.25) is 0 Å². The molecule has 0 aliphatic heterocycles. The van der Waals surface area contributed by atoms with Gasteiger partial charge in [0, 0.05) is 18.4 Å². The van der Waals surface area contributed by atoms with Gasteiger partial charge in [-0.3, -0.25) is 0 Å². The monoisotopic (exact) mass is 235 g/mol. The summed E-state index contributed by atoms with van der Waals surface area (Å²) in [7, 11) is 1.35. The van der Waals surface area contributed by atoms with E-state index >= 15 is 0 Å². The lowest BCUT2D eigenvalue weighted by Gasteiger charge is -2.23. The van der Waals surface area contributed by atoms with Crippen molar-refractivity contribution >= 4 is 11.8 Å². The number of methoxy groups -OCH3 is 1. The number of carbonyl (C=O) groups is 1. The first-order chi connectivity index (χ1) is 8.31. The second-order valence-electron chi connectivity index (χ2n) is 4.22. The lowest BCUT2D eigenvalue weighted by Crippen LogP contribution is -2.24. The SMILES string of the molecule is COC(=O)c1nccnc1NC1CCCCC1. The molecule has 17 heavy (non-hydrogen) atoms. The van der Waals surface area contributed by atoms with Gasteiger partial charge in [-0.1, -0.05) is 19.3 Å². The molecule has 2 rings (SSSR count). The van der Waals surface area contributed by atoms with Gasteiger partial charge >= 0.3 is 5.97 Å². The van der Waals surface area contributed by atoms with Crippen LogP contribution in [0.1, 0.15) is 42.6 Å². The Morgan fingerprint density at radius 3 is 2.71 bits per heavy atom. The number of carbonyl (C=O) groups excluding carboxylic acids is 1. The molecule has 1 aliphatic carbocycles. The molecule has 1 aromatic heterocycles. The molecule has 1 fully saturated rings. The van der Waals surface area contributed by atoms with Crippen molar-refractivity contribution in [3.63, 3.8) is 0 Å². The predicted octanol–water partition coefficient (Wildman–Crippen LogP) is 2.01. The van der Waals surface area contributed by atoms with Crippen LogP contribution in [-0.2, 0) is 4.74 Å². The van der Waals surface area contributed by atoms with E-state index in [-0.39, 0.29) is 5.69 Å². The highest BCUT2D eigenvalue weighted by Crippen LogP contribution is 2.21. The van der Waals surface area contributed by atoms with Crippen molar-refractivity contribution in [2.75, 3.05) is 12.4 Å². The Labute approximate surface area is 101 Å². The summed E-state index contributed by atoms with van der Waals surface area (Å²) in [5, 5.41) is 3.29. The van der Waals surface area contributed by atoms with Gasteiger partial charge < -0.3 is 10.1 Å². The van der Waals surface area contributed by atoms with Crippen LogP contribution in [0.15, 0.2) is 12.4 Å². The molecular formula is C12H17N3O2. The maximum absolute atomic E-state index is 11.5. The summed E-state index contributed by atoms with van der Waals surface area (Å²) in [4.78, 5) is 19.7. The van der Waals surface area contributed by atoms with E-state index in [2.05, 4.69) is 20.0 Å². The zero-order valence-corrected chi connectivity index (χ0v) is 9.98. The Balaban J connectivity index is 2.11. The average molecular weight is 235 g/mol. The molecule has 0 saturated heterocycles. The zero-order chi connectivity index (χ0) is 12.1. The molecule has 0 bridgehead atoms. The van der Waals surface area contributed by atoms with Gasteiger partial charge in [-0.2, -0.15) is 0 Å². The normalized spacial score (nSPS) is 16.5. The minimum Gasteiger partial charge on any atom is -0.464 e. The summed E-state index contributed by atoms with van der Waals surface area (Å²) in [5.74, 6) is 0.0858. The van der Waals surface area contributed by atoms with Gasteiger partial charge in [0.2, 0.25) is 0 Å². The van der Waals surface area contributed by atoms with Crippen LogP contribution in [0.4, 0.5) is 5.82 Å². The number of aromatic nitrogens is 2. The van der Waals surface area contributed by atoms with E-state index in [1.807, 2.05) is 0 Å². The van der Waals surface area contributed by atoms with E-state index in [1.165, 1.54) is 32.6 Å². The molecule has 0 atom stereocenters. The fourth-order valence-corrected chi connectivity index (χ4v) is 2.13. The van der Waals surface area contributed by atoms with E-state index in [4.69, 9.17) is 0 Å². The number of nitrogens with one attached hydrogen (secondary N) is 1. The number of esters is 1. The summed E-state index contributed by atoms with van der Waals surface area (Å²) in [6, 6.07) is 0.392. The molecule has 0 radical (unpaired) electrons. The molecule has 0 unspecified atom stereocenters. The predicted molar refractivity (Wildman–Crippen MR) is 63.9 cm³/mol. The van der Waals surface area contributed by atoms with Crippen molar-refractivity contribution in [2.24, 2.45) is 0 Å². The van der Waals surface area contributed by atoms with Crippen molar-refractivity contribution in [3.05, 3.63) is 18.1 Å². The van der Waals surface area contributed by atoms with Crippen LogP contribution in [0.3, 0.4) is 0 Å². The van der Waals surface area contributed by atoms with E-state index < -0.39 is 5.97 Å². The molecule has 5 heteroatoms. The summed E-state index contributed by atoms with van der Waals surface area (Å²) in [5.41, 5.74) is 0.264. The minimum atomic E-state index is -0.448. The smallest absolute Gasteiger partial charge is 0.360 e. The van der Waals surface area contributed by atoms with Gasteiger partial charge in [-0.25, -0.2) is 14.8 Å². The van der Waals surface area contributed by atoms with Crippen molar-refractivity contribution < 1.29 is 9.53 Å². The molecule has 1 aromatic rings. The fourth-order valence-electron chi connectivity index (χ4n) is 2.13. The van der Waals surface area contributed by atoms with E-state index in [0.717, 1.165) is 12.8 Å². The molecule has 1 heterocycles. The second kappa shape index (κ2) is 5.61. The first-order valence-corrected chi connectivity index (χ1v) is 5.97. The minimum absolute atomic E-state index is 0.264. The Morgan fingerprint density at radius 1 is 1.29 bits per heavy atom. The molecule has 1 aliphatic rings. The summed E-state index contributed by atoms with van der Waals surface area (Å²) < 4.78 is 4.68. The van der Waals surface area contributed by atoms with Crippen molar-refractivity contribution in [3.8, 4) is 0 Å².